The van der Waals surface area contributed by atoms with E-state index in [1.807, 2.05) is 50.5 Å². The summed E-state index contributed by atoms with van der Waals surface area (Å²) in [5.74, 6) is -0.0421. The molecule has 0 fully saturated rings. The number of carbonyl (C=O) groups excluding carboxylic acids is 1. The molecule has 1 amide bonds. The van der Waals surface area contributed by atoms with Gasteiger partial charge in [0.2, 0.25) is 0 Å². The van der Waals surface area contributed by atoms with Crippen molar-refractivity contribution in [3.63, 3.8) is 0 Å². The van der Waals surface area contributed by atoms with Crippen LogP contribution in [0.2, 0.25) is 0 Å². The van der Waals surface area contributed by atoms with Crippen molar-refractivity contribution in [2.75, 3.05) is 32.5 Å². The third kappa shape index (κ3) is 5.42. The zero-order chi connectivity index (χ0) is 16.7. The van der Waals surface area contributed by atoms with Crippen LogP contribution in [0.1, 0.15) is 22.3 Å². The van der Waals surface area contributed by atoms with Crippen LogP contribution in [0, 0.1) is 6.92 Å². The number of hydrogen-bond donors (Lipinski definition) is 2. The lowest BCUT2D eigenvalue weighted by Crippen LogP contribution is -2.27. The molecule has 2 aromatic rings. The summed E-state index contributed by atoms with van der Waals surface area (Å²) < 4.78 is 0. The molecular weight excluding hydrogens is 286 g/mol. The van der Waals surface area contributed by atoms with E-state index in [0.717, 1.165) is 24.3 Å². The highest BCUT2D eigenvalue weighted by atomic mass is 16.1. The second kappa shape index (κ2) is 8.34. The summed E-state index contributed by atoms with van der Waals surface area (Å²) in [7, 11) is 4.06. The normalized spacial score (nSPS) is 10.6. The van der Waals surface area contributed by atoms with E-state index in [-0.39, 0.29) is 5.91 Å². The lowest BCUT2D eigenvalue weighted by Gasteiger charge is -2.13. The molecule has 0 heterocycles. The molecule has 0 bridgehead atoms. The number of anilines is 2. The van der Waals surface area contributed by atoms with Crippen molar-refractivity contribution in [3.05, 3.63) is 59.7 Å². The third-order valence-electron chi connectivity index (χ3n) is 3.54. The maximum Gasteiger partial charge on any atom is 0.253 e. The number of para-hydroxylation sites is 1. The minimum absolute atomic E-state index is 0.0421. The van der Waals surface area contributed by atoms with Gasteiger partial charge in [0.05, 0.1) is 11.3 Å². The molecule has 2 N–H and O–H groups in total. The van der Waals surface area contributed by atoms with Gasteiger partial charge in [0.1, 0.15) is 0 Å². The van der Waals surface area contributed by atoms with Crippen LogP contribution in [0.3, 0.4) is 0 Å². The Bertz CT molecular complexity index is 653. The van der Waals surface area contributed by atoms with Crippen LogP contribution < -0.4 is 10.6 Å². The summed E-state index contributed by atoms with van der Waals surface area (Å²) in [4.78, 5) is 14.5. The number of benzene rings is 2. The first kappa shape index (κ1) is 17.0. The second-order valence-corrected chi connectivity index (χ2v) is 5.95. The SMILES string of the molecule is Cc1cccc(Nc2ccccc2C(=O)NCCCN(C)C)c1. The molecule has 0 aliphatic heterocycles. The number of carbonyl (C=O) groups is 1. The van der Waals surface area contributed by atoms with Crippen molar-refractivity contribution in [2.24, 2.45) is 0 Å². The summed E-state index contributed by atoms with van der Waals surface area (Å²) in [6.45, 7) is 3.69. The number of amides is 1. The number of nitrogens with one attached hydrogen (secondary N) is 2. The highest BCUT2D eigenvalue weighted by molar-refractivity contribution is 6.00. The van der Waals surface area contributed by atoms with Crippen LogP contribution in [0.25, 0.3) is 0 Å². The highest BCUT2D eigenvalue weighted by Crippen LogP contribution is 2.21. The smallest absolute Gasteiger partial charge is 0.253 e. The molecule has 0 spiro atoms. The maximum atomic E-state index is 12.4. The van der Waals surface area contributed by atoms with Crippen molar-refractivity contribution >= 4 is 17.3 Å². The van der Waals surface area contributed by atoms with Crippen molar-refractivity contribution in [3.8, 4) is 0 Å². The topological polar surface area (TPSA) is 44.4 Å². The first-order chi connectivity index (χ1) is 11.1. The molecule has 0 saturated carbocycles. The lowest BCUT2D eigenvalue weighted by molar-refractivity contribution is 0.0953. The van der Waals surface area contributed by atoms with E-state index in [1.165, 1.54) is 5.56 Å². The number of aryl methyl sites for hydroxylation is 1. The molecule has 4 nitrogen and oxygen atoms in total. The van der Waals surface area contributed by atoms with Gasteiger partial charge in [-0.1, -0.05) is 24.3 Å². The van der Waals surface area contributed by atoms with E-state index in [4.69, 9.17) is 0 Å². The van der Waals surface area contributed by atoms with Crippen LogP contribution >= 0.6 is 0 Å². The predicted octanol–water partition coefficient (Wildman–Crippen LogP) is 3.42. The fourth-order valence-electron chi connectivity index (χ4n) is 2.36. The maximum absolute atomic E-state index is 12.4. The van der Waals surface area contributed by atoms with Crippen molar-refractivity contribution < 1.29 is 4.79 Å². The van der Waals surface area contributed by atoms with E-state index in [9.17, 15) is 4.79 Å². The van der Waals surface area contributed by atoms with Crippen molar-refractivity contribution in [2.45, 2.75) is 13.3 Å². The molecule has 4 heteroatoms. The van der Waals surface area contributed by atoms with Gasteiger partial charge in [-0.05, 0) is 63.8 Å². The molecule has 0 unspecified atom stereocenters. The molecule has 0 aliphatic carbocycles. The average molecular weight is 311 g/mol. The van der Waals surface area contributed by atoms with Gasteiger partial charge in [0, 0.05) is 12.2 Å². The lowest BCUT2D eigenvalue weighted by atomic mass is 10.1. The molecule has 0 aliphatic rings. The number of nitrogens with zero attached hydrogens (tertiary/aromatic N) is 1. The Balaban J connectivity index is 2.03. The predicted molar refractivity (Wildman–Crippen MR) is 96.4 cm³/mol. The van der Waals surface area contributed by atoms with Gasteiger partial charge in [-0.15, -0.1) is 0 Å². The van der Waals surface area contributed by atoms with Crippen LogP contribution in [0.5, 0.6) is 0 Å². The number of rotatable bonds is 7. The van der Waals surface area contributed by atoms with Gasteiger partial charge in [-0.2, -0.15) is 0 Å². The molecule has 2 rings (SSSR count). The van der Waals surface area contributed by atoms with Crippen LogP contribution in [-0.2, 0) is 0 Å². The zero-order valence-corrected chi connectivity index (χ0v) is 14.1. The van der Waals surface area contributed by atoms with E-state index in [0.29, 0.717) is 12.1 Å². The minimum Gasteiger partial charge on any atom is -0.355 e. The summed E-state index contributed by atoms with van der Waals surface area (Å²) in [6, 6.07) is 15.7. The summed E-state index contributed by atoms with van der Waals surface area (Å²) in [6.07, 6.45) is 0.937. The Labute approximate surface area is 138 Å². The molecule has 0 atom stereocenters. The summed E-state index contributed by atoms with van der Waals surface area (Å²) in [5, 5.41) is 6.32. The van der Waals surface area contributed by atoms with Gasteiger partial charge in [-0.25, -0.2) is 0 Å². The minimum atomic E-state index is -0.0421. The summed E-state index contributed by atoms with van der Waals surface area (Å²) >= 11 is 0. The molecule has 122 valence electrons. The average Bonchev–Trinajstić information content (AvgIpc) is 2.52. The Morgan fingerprint density at radius 2 is 1.87 bits per heavy atom. The fraction of sp³-hybridized carbons (Fsp3) is 0.316. The molecule has 0 aromatic heterocycles. The van der Waals surface area contributed by atoms with Crippen molar-refractivity contribution in [1.82, 2.24) is 10.2 Å². The number of hydrogen-bond acceptors (Lipinski definition) is 3. The van der Waals surface area contributed by atoms with E-state index >= 15 is 0 Å². The Hall–Kier alpha value is -2.33. The standard InChI is InChI=1S/C19H25N3O/c1-15-8-6-9-16(14-15)21-18-11-5-4-10-17(18)19(23)20-12-7-13-22(2)3/h4-6,8-11,14,21H,7,12-13H2,1-3H3,(H,20,23). The molecule has 0 saturated heterocycles. The highest BCUT2D eigenvalue weighted by Gasteiger charge is 2.10. The molecule has 2 aromatic carbocycles. The monoisotopic (exact) mass is 311 g/mol. The molecule has 0 radical (unpaired) electrons. The van der Waals surface area contributed by atoms with Crippen LogP contribution in [-0.4, -0.2) is 38.0 Å². The fourth-order valence-corrected chi connectivity index (χ4v) is 2.36. The van der Waals surface area contributed by atoms with Gasteiger partial charge in [-0.3, -0.25) is 4.79 Å². The van der Waals surface area contributed by atoms with E-state index in [1.54, 1.807) is 0 Å². The van der Waals surface area contributed by atoms with Gasteiger partial charge >= 0.3 is 0 Å². The second-order valence-electron chi connectivity index (χ2n) is 5.95. The van der Waals surface area contributed by atoms with Crippen LogP contribution in [0.15, 0.2) is 48.5 Å². The first-order valence-corrected chi connectivity index (χ1v) is 7.92. The first-order valence-electron chi connectivity index (χ1n) is 7.92. The van der Waals surface area contributed by atoms with Gasteiger partial charge < -0.3 is 15.5 Å². The Morgan fingerprint density at radius 3 is 2.61 bits per heavy atom. The van der Waals surface area contributed by atoms with Crippen LogP contribution in [0.4, 0.5) is 11.4 Å². The largest absolute Gasteiger partial charge is 0.355 e. The molecular formula is C19H25N3O. The van der Waals surface area contributed by atoms with Crippen molar-refractivity contribution in [1.29, 1.82) is 0 Å². The quantitative estimate of drug-likeness (QED) is 0.770. The Kier molecular flexibility index (Phi) is 6.18. The summed E-state index contributed by atoms with van der Waals surface area (Å²) in [5.41, 5.74) is 3.65. The van der Waals surface area contributed by atoms with Gasteiger partial charge in [0.15, 0.2) is 0 Å². The zero-order valence-electron chi connectivity index (χ0n) is 14.1. The van der Waals surface area contributed by atoms with E-state index in [2.05, 4.69) is 34.6 Å². The Morgan fingerprint density at radius 1 is 1.09 bits per heavy atom. The van der Waals surface area contributed by atoms with Gasteiger partial charge in [0.25, 0.3) is 5.91 Å². The van der Waals surface area contributed by atoms with E-state index < -0.39 is 0 Å². The third-order valence-corrected chi connectivity index (χ3v) is 3.54. The molecule has 23 heavy (non-hydrogen) atoms.